The highest BCUT2D eigenvalue weighted by Gasteiger charge is 2.15. The highest BCUT2D eigenvalue weighted by Crippen LogP contribution is 2.38. The van der Waals surface area contributed by atoms with E-state index in [-0.39, 0.29) is 5.69 Å². The lowest BCUT2D eigenvalue weighted by atomic mass is 10.1. The zero-order chi connectivity index (χ0) is 18.8. The molecule has 6 heteroatoms. The molecule has 1 heterocycles. The van der Waals surface area contributed by atoms with Gasteiger partial charge in [0.1, 0.15) is 17.2 Å². The topological polar surface area (TPSA) is 74.5 Å². The first kappa shape index (κ1) is 16.8. The molecule has 0 N–H and O–H groups in total. The second kappa shape index (κ2) is 6.92. The number of hydrogen-bond donors (Lipinski definition) is 0. The van der Waals surface area contributed by atoms with Crippen molar-refractivity contribution in [2.75, 3.05) is 6.61 Å². The molecule has 4 aromatic rings. The van der Waals surface area contributed by atoms with Gasteiger partial charge in [0.25, 0.3) is 5.69 Å². The lowest BCUT2D eigenvalue weighted by molar-refractivity contribution is -0.384. The van der Waals surface area contributed by atoms with Crippen LogP contribution in [0.25, 0.3) is 21.8 Å². The molecule has 0 spiro atoms. The first-order valence-corrected chi connectivity index (χ1v) is 8.53. The highest BCUT2D eigenvalue weighted by molar-refractivity contribution is 6.02. The fourth-order valence-corrected chi connectivity index (χ4v) is 2.96. The Labute approximate surface area is 155 Å². The Morgan fingerprint density at radius 1 is 0.926 bits per heavy atom. The minimum Gasteiger partial charge on any atom is -0.494 e. The predicted octanol–water partition coefficient (Wildman–Crippen LogP) is 5.49. The summed E-state index contributed by atoms with van der Waals surface area (Å²) in [7, 11) is 0. The molecule has 3 aromatic carbocycles. The maximum Gasteiger partial charge on any atom is 0.271 e. The number of hydrogen-bond acceptors (Lipinski definition) is 5. The van der Waals surface area contributed by atoms with Crippen LogP contribution >= 0.6 is 0 Å². The van der Waals surface area contributed by atoms with Crippen molar-refractivity contribution in [3.63, 3.8) is 0 Å². The fourth-order valence-electron chi connectivity index (χ4n) is 2.96. The van der Waals surface area contributed by atoms with Crippen molar-refractivity contribution in [1.29, 1.82) is 0 Å². The summed E-state index contributed by atoms with van der Waals surface area (Å²) >= 11 is 0. The summed E-state index contributed by atoms with van der Waals surface area (Å²) < 4.78 is 11.8. The highest BCUT2D eigenvalue weighted by atomic mass is 16.6. The third kappa shape index (κ3) is 3.25. The van der Waals surface area contributed by atoms with Crippen molar-refractivity contribution in [3.8, 4) is 17.2 Å². The van der Waals surface area contributed by atoms with E-state index in [4.69, 9.17) is 9.47 Å². The molecule has 0 bridgehead atoms. The summed E-state index contributed by atoms with van der Waals surface area (Å²) in [6.45, 7) is 2.47. The smallest absolute Gasteiger partial charge is 0.271 e. The summed E-state index contributed by atoms with van der Waals surface area (Å²) in [5.41, 5.74) is 1.18. The summed E-state index contributed by atoms with van der Waals surface area (Å²) in [6.07, 6.45) is 0. The SMILES string of the molecule is CCOc1ccc2nc3cc([N+](=O)[O-])ccc3c(Oc3ccccc3)c2c1. The predicted molar refractivity (Wildman–Crippen MR) is 104 cm³/mol. The molecule has 0 saturated carbocycles. The summed E-state index contributed by atoms with van der Waals surface area (Å²) in [6, 6.07) is 19.5. The zero-order valence-corrected chi connectivity index (χ0v) is 14.6. The van der Waals surface area contributed by atoms with Gasteiger partial charge in [-0.05, 0) is 43.3 Å². The van der Waals surface area contributed by atoms with Gasteiger partial charge in [-0.25, -0.2) is 4.98 Å². The van der Waals surface area contributed by atoms with Crippen LogP contribution < -0.4 is 9.47 Å². The Hall–Kier alpha value is -3.67. The Balaban J connectivity index is 1.99. The third-order valence-electron chi connectivity index (χ3n) is 4.16. The second-order valence-electron chi connectivity index (χ2n) is 5.93. The van der Waals surface area contributed by atoms with Crippen LogP contribution in [0.2, 0.25) is 0 Å². The van der Waals surface area contributed by atoms with Gasteiger partial charge in [0.2, 0.25) is 0 Å². The number of benzene rings is 3. The molecule has 0 fully saturated rings. The van der Waals surface area contributed by atoms with Gasteiger partial charge >= 0.3 is 0 Å². The molecular formula is C21H16N2O4. The number of nitro benzene ring substituents is 1. The average Bonchev–Trinajstić information content (AvgIpc) is 2.68. The van der Waals surface area contributed by atoms with E-state index in [1.807, 2.05) is 55.5 Å². The van der Waals surface area contributed by atoms with Gasteiger partial charge < -0.3 is 9.47 Å². The molecule has 0 aliphatic heterocycles. The lowest BCUT2D eigenvalue weighted by Crippen LogP contribution is -1.95. The van der Waals surface area contributed by atoms with Crippen LogP contribution in [-0.2, 0) is 0 Å². The van der Waals surface area contributed by atoms with Crippen molar-refractivity contribution in [1.82, 2.24) is 4.98 Å². The van der Waals surface area contributed by atoms with Gasteiger partial charge in [0.05, 0.1) is 22.6 Å². The molecule has 4 rings (SSSR count). The van der Waals surface area contributed by atoms with Crippen LogP contribution in [0.3, 0.4) is 0 Å². The Morgan fingerprint density at radius 2 is 1.74 bits per heavy atom. The van der Waals surface area contributed by atoms with E-state index in [9.17, 15) is 10.1 Å². The van der Waals surface area contributed by atoms with E-state index in [1.165, 1.54) is 12.1 Å². The van der Waals surface area contributed by atoms with Crippen molar-refractivity contribution >= 4 is 27.5 Å². The van der Waals surface area contributed by atoms with E-state index in [0.29, 0.717) is 40.3 Å². The van der Waals surface area contributed by atoms with E-state index in [0.717, 1.165) is 5.39 Å². The molecule has 0 unspecified atom stereocenters. The number of pyridine rings is 1. The number of ether oxygens (including phenoxy) is 2. The average molecular weight is 360 g/mol. The largest absolute Gasteiger partial charge is 0.494 e. The van der Waals surface area contributed by atoms with Crippen LogP contribution in [0.5, 0.6) is 17.2 Å². The molecule has 0 radical (unpaired) electrons. The standard InChI is InChI=1S/C21H16N2O4/c1-2-26-16-9-11-19-18(13-16)21(27-15-6-4-3-5-7-15)17-10-8-14(23(24)25)12-20(17)22-19/h3-13H,2H2,1H3. The Bertz CT molecular complexity index is 1140. The van der Waals surface area contributed by atoms with Gasteiger partial charge in [0, 0.05) is 22.9 Å². The molecule has 0 aliphatic rings. The zero-order valence-electron chi connectivity index (χ0n) is 14.6. The van der Waals surface area contributed by atoms with Crippen LogP contribution in [0.15, 0.2) is 66.7 Å². The molecule has 27 heavy (non-hydrogen) atoms. The number of para-hydroxylation sites is 1. The van der Waals surface area contributed by atoms with E-state index in [1.54, 1.807) is 6.07 Å². The Kier molecular flexibility index (Phi) is 4.30. The molecule has 0 amide bonds. The summed E-state index contributed by atoms with van der Waals surface area (Å²) in [5, 5.41) is 12.6. The molecule has 1 aromatic heterocycles. The quantitative estimate of drug-likeness (QED) is 0.267. The van der Waals surface area contributed by atoms with Gasteiger partial charge in [-0.1, -0.05) is 18.2 Å². The maximum atomic E-state index is 11.1. The van der Waals surface area contributed by atoms with Gasteiger partial charge in [0.15, 0.2) is 0 Å². The molecule has 6 nitrogen and oxygen atoms in total. The van der Waals surface area contributed by atoms with E-state index >= 15 is 0 Å². The molecule has 134 valence electrons. The minimum atomic E-state index is -0.429. The molecule has 0 saturated heterocycles. The third-order valence-corrected chi connectivity index (χ3v) is 4.16. The van der Waals surface area contributed by atoms with Gasteiger partial charge in [-0.2, -0.15) is 0 Å². The normalized spacial score (nSPS) is 10.9. The molecule has 0 atom stereocenters. The van der Waals surface area contributed by atoms with Crippen LogP contribution in [0.4, 0.5) is 5.69 Å². The van der Waals surface area contributed by atoms with Crippen LogP contribution in [0.1, 0.15) is 6.92 Å². The molecular weight excluding hydrogens is 344 g/mol. The fraction of sp³-hybridized carbons (Fsp3) is 0.0952. The van der Waals surface area contributed by atoms with Crippen LogP contribution in [-0.4, -0.2) is 16.5 Å². The second-order valence-corrected chi connectivity index (χ2v) is 5.93. The van der Waals surface area contributed by atoms with Crippen LogP contribution in [0, 0.1) is 10.1 Å². The first-order valence-electron chi connectivity index (χ1n) is 8.53. The van der Waals surface area contributed by atoms with E-state index in [2.05, 4.69) is 4.98 Å². The summed E-state index contributed by atoms with van der Waals surface area (Å²) in [4.78, 5) is 15.3. The minimum absolute atomic E-state index is 0.00838. The number of non-ortho nitro benzene ring substituents is 1. The lowest BCUT2D eigenvalue weighted by Gasteiger charge is -2.13. The number of nitro groups is 1. The van der Waals surface area contributed by atoms with Gasteiger partial charge in [-0.15, -0.1) is 0 Å². The van der Waals surface area contributed by atoms with E-state index < -0.39 is 4.92 Å². The molecule has 0 aliphatic carbocycles. The summed E-state index contributed by atoms with van der Waals surface area (Å²) in [5.74, 6) is 1.98. The number of rotatable bonds is 5. The maximum absolute atomic E-state index is 11.1. The number of aromatic nitrogens is 1. The van der Waals surface area contributed by atoms with Crippen molar-refractivity contribution < 1.29 is 14.4 Å². The van der Waals surface area contributed by atoms with Crippen molar-refractivity contribution in [2.45, 2.75) is 6.92 Å². The van der Waals surface area contributed by atoms with Gasteiger partial charge in [-0.3, -0.25) is 10.1 Å². The first-order chi connectivity index (χ1) is 13.2. The van der Waals surface area contributed by atoms with Crippen molar-refractivity contribution in [2.24, 2.45) is 0 Å². The Morgan fingerprint density at radius 3 is 2.48 bits per heavy atom. The number of nitrogens with zero attached hydrogens (tertiary/aromatic N) is 2. The monoisotopic (exact) mass is 360 g/mol. The number of fused-ring (bicyclic) bond motifs is 2. The van der Waals surface area contributed by atoms with Crippen molar-refractivity contribution in [3.05, 3.63) is 76.8 Å².